The third-order valence-electron chi connectivity index (χ3n) is 14.1. The van der Waals surface area contributed by atoms with E-state index in [0.717, 1.165) is 96.3 Å². The lowest BCUT2D eigenvalue weighted by molar-refractivity contribution is -0.167. The predicted octanol–water partition coefficient (Wildman–Crippen LogP) is 21.2. The summed E-state index contributed by atoms with van der Waals surface area (Å²) in [7, 11) is 0. The molecule has 416 valence electrons. The molecule has 0 amide bonds. The Bertz CT molecular complexity index is 1190. The molecule has 0 N–H and O–H groups in total. The summed E-state index contributed by atoms with van der Waals surface area (Å²) < 4.78 is 16.9. The summed E-state index contributed by atoms with van der Waals surface area (Å²) in [5.41, 5.74) is 0. The summed E-state index contributed by atoms with van der Waals surface area (Å²) in [6.07, 6.45) is 73.2. The van der Waals surface area contributed by atoms with Crippen molar-refractivity contribution in [2.24, 2.45) is 0 Å². The van der Waals surface area contributed by atoms with Crippen molar-refractivity contribution in [2.45, 2.75) is 348 Å². The van der Waals surface area contributed by atoms with Gasteiger partial charge >= 0.3 is 17.9 Å². The maximum absolute atomic E-state index is 12.8. The maximum atomic E-state index is 12.8. The summed E-state index contributed by atoms with van der Waals surface area (Å²) in [5.74, 6) is -0.884. The molecule has 0 aromatic heterocycles. The number of carbonyl (C=O) groups excluding carboxylic acids is 3. The number of hydrogen-bond acceptors (Lipinski definition) is 6. The van der Waals surface area contributed by atoms with E-state index in [1.54, 1.807) is 0 Å². The highest BCUT2D eigenvalue weighted by atomic mass is 16.6. The largest absolute Gasteiger partial charge is 0.462 e. The zero-order valence-corrected chi connectivity index (χ0v) is 47.8. The Kier molecular flexibility index (Phi) is 58.2. The first-order chi connectivity index (χ1) is 35.0. The molecule has 0 bridgehead atoms. The molecule has 0 aromatic carbocycles. The first-order valence-electron chi connectivity index (χ1n) is 31.5. The topological polar surface area (TPSA) is 78.9 Å². The fraction of sp³-hybridized carbons (Fsp3) is 0.862. The van der Waals surface area contributed by atoms with Crippen LogP contribution in [-0.2, 0) is 28.6 Å². The standard InChI is InChI=1S/C65H120O6/c1-4-7-10-13-16-19-22-25-26-27-28-29-30-31-32-33-34-35-36-37-38-39-41-43-46-49-52-55-58-64(67)70-61-62(60-69-63(66)57-54-51-48-45-42-24-21-18-15-12-9-6-3)71-65(68)59-56-53-50-47-44-40-23-20-17-14-11-8-5-2/h11,14,18,20-21,23,62H,4-10,12-13,15-17,19,22,24-61H2,1-3H3/b14-11-,21-18-,23-20-. The van der Waals surface area contributed by atoms with Crippen LogP contribution in [0.15, 0.2) is 36.5 Å². The number of esters is 3. The van der Waals surface area contributed by atoms with Gasteiger partial charge in [-0.15, -0.1) is 0 Å². The van der Waals surface area contributed by atoms with E-state index in [1.165, 1.54) is 205 Å². The van der Waals surface area contributed by atoms with Gasteiger partial charge < -0.3 is 14.2 Å². The average molecular weight is 998 g/mol. The lowest BCUT2D eigenvalue weighted by atomic mass is 10.0. The maximum Gasteiger partial charge on any atom is 0.306 e. The summed E-state index contributed by atoms with van der Waals surface area (Å²) in [6.45, 7) is 6.58. The van der Waals surface area contributed by atoms with Gasteiger partial charge in [0.25, 0.3) is 0 Å². The molecule has 0 aliphatic rings. The smallest absolute Gasteiger partial charge is 0.306 e. The number of rotatable bonds is 58. The van der Waals surface area contributed by atoms with Gasteiger partial charge in [0, 0.05) is 19.3 Å². The number of allylic oxidation sites excluding steroid dienone is 6. The first-order valence-corrected chi connectivity index (χ1v) is 31.5. The van der Waals surface area contributed by atoms with Gasteiger partial charge in [0.2, 0.25) is 0 Å². The molecule has 0 saturated carbocycles. The van der Waals surface area contributed by atoms with Crippen molar-refractivity contribution in [1.82, 2.24) is 0 Å². The lowest BCUT2D eigenvalue weighted by Gasteiger charge is -2.18. The predicted molar refractivity (Wildman–Crippen MR) is 307 cm³/mol. The Labute approximate surface area is 442 Å². The second-order valence-corrected chi connectivity index (χ2v) is 21.3. The highest BCUT2D eigenvalue weighted by Crippen LogP contribution is 2.18. The average Bonchev–Trinajstić information content (AvgIpc) is 3.37. The summed E-state index contributed by atoms with van der Waals surface area (Å²) in [5, 5.41) is 0. The minimum Gasteiger partial charge on any atom is -0.462 e. The molecular weight excluding hydrogens is 877 g/mol. The number of hydrogen-bond donors (Lipinski definition) is 0. The highest BCUT2D eigenvalue weighted by molar-refractivity contribution is 5.71. The van der Waals surface area contributed by atoms with Crippen molar-refractivity contribution in [2.75, 3.05) is 13.2 Å². The SMILES string of the molecule is CCC/C=C\C/C=C\CCCCCCCC(=O)OC(COC(=O)CCCCCCC/C=C\CCCCC)COC(=O)CCCCCCCCCCCCCCCCCCCCCCCCCCCCCC. The van der Waals surface area contributed by atoms with Gasteiger partial charge in [0.05, 0.1) is 0 Å². The van der Waals surface area contributed by atoms with E-state index in [4.69, 9.17) is 14.2 Å². The van der Waals surface area contributed by atoms with Crippen molar-refractivity contribution in [3.63, 3.8) is 0 Å². The molecule has 1 unspecified atom stereocenters. The zero-order valence-electron chi connectivity index (χ0n) is 47.8. The van der Waals surface area contributed by atoms with E-state index in [0.29, 0.717) is 19.3 Å². The van der Waals surface area contributed by atoms with Gasteiger partial charge in [0.15, 0.2) is 6.10 Å². The van der Waals surface area contributed by atoms with Gasteiger partial charge in [0.1, 0.15) is 13.2 Å². The van der Waals surface area contributed by atoms with Gasteiger partial charge in [-0.25, -0.2) is 0 Å². The molecule has 0 spiro atoms. The summed E-state index contributed by atoms with van der Waals surface area (Å²) >= 11 is 0. The van der Waals surface area contributed by atoms with Crippen molar-refractivity contribution < 1.29 is 28.6 Å². The van der Waals surface area contributed by atoms with Crippen molar-refractivity contribution in [1.29, 1.82) is 0 Å². The number of ether oxygens (including phenoxy) is 3. The van der Waals surface area contributed by atoms with Crippen LogP contribution in [0.2, 0.25) is 0 Å². The van der Waals surface area contributed by atoms with Gasteiger partial charge in [-0.2, -0.15) is 0 Å². The third kappa shape index (κ3) is 58.4. The van der Waals surface area contributed by atoms with Crippen LogP contribution >= 0.6 is 0 Å². The van der Waals surface area contributed by atoms with Crippen molar-refractivity contribution in [3.8, 4) is 0 Å². The minimum absolute atomic E-state index is 0.0770. The van der Waals surface area contributed by atoms with Crippen LogP contribution in [-0.4, -0.2) is 37.2 Å². The summed E-state index contributed by atoms with van der Waals surface area (Å²) in [4.78, 5) is 38.1. The van der Waals surface area contributed by atoms with Gasteiger partial charge in [-0.05, 0) is 70.6 Å². The van der Waals surface area contributed by atoms with Crippen LogP contribution in [0.1, 0.15) is 342 Å². The fourth-order valence-corrected chi connectivity index (χ4v) is 9.36. The van der Waals surface area contributed by atoms with Gasteiger partial charge in [-0.3, -0.25) is 14.4 Å². The highest BCUT2D eigenvalue weighted by Gasteiger charge is 2.19. The molecule has 6 nitrogen and oxygen atoms in total. The fourth-order valence-electron chi connectivity index (χ4n) is 9.36. The molecule has 0 heterocycles. The quantitative estimate of drug-likeness (QED) is 0.0261. The van der Waals surface area contributed by atoms with E-state index in [9.17, 15) is 14.4 Å². The Hall–Kier alpha value is -2.37. The lowest BCUT2D eigenvalue weighted by Crippen LogP contribution is -2.30. The molecule has 0 rings (SSSR count). The Morgan fingerprint density at radius 2 is 0.535 bits per heavy atom. The van der Waals surface area contributed by atoms with Gasteiger partial charge in [-0.1, -0.05) is 288 Å². The molecule has 0 saturated heterocycles. The Balaban J connectivity index is 4.12. The monoisotopic (exact) mass is 997 g/mol. The second-order valence-electron chi connectivity index (χ2n) is 21.3. The van der Waals surface area contributed by atoms with Crippen molar-refractivity contribution >= 4 is 17.9 Å². The van der Waals surface area contributed by atoms with Crippen LogP contribution in [0.25, 0.3) is 0 Å². The molecule has 0 radical (unpaired) electrons. The number of carbonyl (C=O) groups is 3. The van der Waals surface area contributed by atoms with Crippen LogP contribution in [0, 0.1) is 0 Å². The molecule has 1 atom stereocenters. The number of unbranched alkanes of at least 4 members (excludes halogenated alkanes) is 41. The van der Waals surface area contributed by atoms with E-state index in [2.05, 4.69) is 57.2 Å². The molecule has 71 heavy (non-hydrogen) atoms. The van der Waals surface area contributed by atoms with E-state index in [-0.39, 0.29) is 31.1 Å². The molecule has 6 heteroatoms. The van der Waals surface area contributed by atoms with Crippen molar-refractivity contribution in [3.05, 3.63) is 36.5 Å². The molecule has 0 aliphatic carbocycles. The first kappa shape index (κ1) is 68.6. The van der Waals surface area contributed by atoms with E-state index in [1.807, 2.05) is 0 Å². The van der Waals surface area contributed by atoms with E-state index >= 15 is 0 Å². The Morgan fingerprint density at radius 1 is 0.282 bits per heavy atom. The van der Waals surface area contributed by atoms with Crippen LogP contribution in [0.3, 0.4) is 0 Å². The molecule has 0 aromatic rings. The molecule has 0 fully saturated rings. The Morgan fingerprint density at radius 3 is 0.873 bits per heavy atom. The van der Waals surface area contributed by atoms with Crippen LogP contribution in [0.4, 0.5) is 0 Å². The molecule has 0 aliphatic heterocycles. The van der Waals surface area contributed by atoms with E-state index < -0.39 is 6.10 Å². The summed E-state index contributed by atoms with van der Waals surface area (Å²) in [6, 6.07) is 0. The minimum atomic E-state index is -0.780. The normalized spacial score (nSPS) is 12.2. The second kappa shape index (κ2) is 60.2. The molecular formula is C65H120O6. The van der Waals surface area contributed by atoms with Crippen LogP contribution < -0.4 is 0 Å². The zero-order chi connectivity index (χ0) is 51.4. The third-order valence-corrected chi connectivity index (χ3v) is 14.1. The van der Waals surface area contributed by atoms with Crippen LogP contribution in [0.5, 0.6) is 0 Å².